The molecule has 0 spiro atoms. The summed E-state index contributed by atoms with van der Waals surface area (Å²) in [5.74, 6) is 0.905. The average molecular weight is 244 g/mol. The van der Waals surface area contributed by atoms with Gasteiger partial charge in [-0.2, -0.15) is 0 Å². The molecular formula is C16H24N2. The molecule has 18 heavy (non-hydrogen) atoms. The van der Waals surface area contributed by atoms with E-state index in [2.05, 4.69) is 48.3 Å². The van der Waals surface area contributed by atoms with E-state index >= 15 is 0 Å². The van der Waals surface area contributed by atoms with Gasteiger partial charge < -0.3 is 10.2 Å². The lowest BCUT2D eigenvalue weighted by molar-refractivity contribution is 0.0680. The average Bonchev–Trinajstić information content (AvgIpc) is 2.41. The highest BCUT2D eigenvalue weighted by Gasteiger charge is 2.34. The highest BCUT2D eigenvalue weighted by Crippen LogP contribution is 2.29. The second-order valence-corrected chi connectivity index (χ2v) is 6.04. The molecule has 2 nitrogen and oxygen atoms in total. The first-order chi connectivity index (χ1) is 8.72. The summed E-state index contributed by atoms with van der Waals surface area (Å²) in [7, 11) is 0. The van der Waals surface area contributed by atoms with Crippen LogP contribution in [0.2, 0.25) is 0 Å². The normalized spacial score (nSPS) is 32.4. The number of rotatable bonds is 3. The molecule has 3 aliphatic heterocycles. The highest BCUT2D eigenvalue weighted by atomic mass is 15.2. The fourth-order valence-electron chi connectivity index (χ4n) is 3.43. The number of nitrogens with zero attached hydrogens (tertiary/aromatic N) is 1. The molecule has 0 amide bonds. The molecule has 0 radical (unpaired) electrons. The van der Waals surface area contributed by atoms with Crippen LogP contribution in [0.15, 0.2) is 24.3 Å². The minimum atomic E-state index is 0.469. The molecule has 1 aromatic rings. The van der Waals surface area contributed by atoms with Gasteiger partial charge in [0.1, 0.15) is 0 Å². The minimum absolute atomic E-state index is 0.469. The fourth-order valence-corrected chi connectivity index (χ4v) is 3.43. The second-order valence-electron chi connectivity index (χ2n) is 6.04. The maximum atomic E-state index is 3.84. The van der Waals surface area contributed by atoms with Crippen molar-refractivity contribution in [1.82, 2.24) is 10.2 Å². The van der Waals surface area contributed by atoms with Crippen LogP contribution < -0.4 is 5.32 Å². The van der Waals surface area contributed by atoms with Crippen molar-refractivity contribution in [2.24, 2.45) is 5.92 Å². The lowest BCUT2D eigenvalue weighted by Gasteiger charge is -2.46. The van der Waals surface area contributed by atoms with Gasteiger partial charge in [0.15, 0.2) is 0 Å². The summed E-state index contributed by atoms with van der Waals surface area (Å²) in [5, 5.41) is 3.84. The van der Waals surface area contributed by atoms with E-state index < -0.39 is 0 Å². The molecule has 2 unspecified atom stereocenters. The van der Waals surface area contributed by atoms with Gasteiger partial charge in [-0.25, -0.2) is 0 Å². The van der Waals surface area contributed by atoms with Crippen LogP contribution in [0.4, 0.5) is 0 Å². The van der Waals surface area contributed by atoms with Crippen LogP contribution in [0, 0.1) is 12.8 Å². The number of hydrogen-bond donors (Lipinski definition) is 1. The Bertz CT molecular complexity index is 390. The van der Waals surface area contributed by atoms with Crippen molar-refractivity contribution < 1.29 is 0 Å². The summed E-state index contributed by atoms with van der Waals surface area (Å²) in [6, 6.07) is 10.1. The summed E-state index contributed by atoms with van der Waals surface area (Å²) in [4.78, 5) is 2.61. The van der Waals surface area contributed by atoms with Gasteiger partial charge in [0.2, 0.25) is 0 Å². The van der Waals surface area contributed by atoms with Crippen LogP contribution in [0.1, 0.15) is 36.9 Å². The van der Waals surface area contributed by atoms with Crippen molar-refractivity contribution in [2.75, 3.05) is 19.6 Å². The molecule has 1 aromatic carbocycles. The summed E-state index contributed by atoms with van der Waals surface area (Å²) in [5.41, 5.74) is 2.76. The summed E-state index contributed by atoms with van der Waals surface area (Å²) < 4.78 is 0. The zero-order valence-electron chi connectivity index (χ0n) is 11.5. The van der Waals surface area contributed by atoms with Gasteiger partial charge in [-0.3, -0.25) is 0 Å². The molecule has 2 heteroatoms. The Morgan fingerprint density at radius 1 is 1.17 bits per heavy atom. The minimum Gasteiger partial charge on any atom is -0.306 e. The van der Waals surface area contributed by atoms with E-state index in [1.807, 2.05) is 0 Å². The van der Waals surface area contributed by atoms with E-state index in [1.165, 1.54) is 43.6 Å². The van der Waals surface area contributed by atoms with Crippen LogP contribution in [0.3, 0.4) is 0 Å². The molecule has 3 aliphatic rings. The van der Waals surface area contributed by atoms with Crippen LogP contribution >= 0.6 is 0 Å². The third-order valence-electron chi connectivity index (χ3n) is 4.70. The van der Waals surface area contributed by atoms with E-state index in [1.54, 1.807) is 0 Å². The second kappa shape index (κ2) is 5.02. The van der Waals surface area contributed by atoms with Crippen LogP contribution in [0.5, 0.6) is 0 Å². The molecule has 2 bridgehead atoms. The predicted octanol–water partition coefficient (Wildman–Crippen LogP) is 2.74. The number of fused-ring (bicyclic) bond motifs is 3. The number of hydrogen-bond acceptors (Lipinski definition) is 2. The van der Waals surface area contributed by atoms with Gasteiger partial charge in [0.25, 0.3) is 0 Å². The molecule has 0 aromatic heterocycles. The molecular weight excluding hydrogens is 220 g/mol. The summed E-state index contributed by atoms with van der Waals surface area (Å²) in [6.45, 7) is 8.34. The number of piperidine rings is 3. The van der Waals surface area contributed by atoms with E-state index in [9.17, 15) is 0 Å². The van der Waals surface area contributed by atoms with E-state index in [4.69, 9.17) is 0 Å². The van der Waals surface area contributed by atoms with Gasteiger partial charge in [0, 0.05) is 18.6 Å². The first-order valence-corrected chi connectivity index (χ1v) is 7.27. The monoisotopic (exact) mass is 244 g/mol. The van der Waals surface area contributed by atoms with Crippen molar-refractivity contribution in [1.29, 1.82) is 0 Å². The summed E-state index contributed by atoms with van der Waals surface area (Å²) in [6.07, 6.45) is 2.77. The Hall–Kier alpha value is -0.860. The highest BCUT2D eigenvalue weighted by molar-refractivity contribution is 5.23. The molecule has 3 saturated heterocycles. The molecule has 2 atom stereocenters. The van der Waals surface area contributed by atoms with E-state index in [-0.39, 0.29) is 0 Å². The molecule has 1 N–H and O–H groups in total. The molecule has 98 valence electrons. The lowest BCUT2D eigenvalue weighted by atomic mass is 9.83. The van der Waals surface area contributed by atoms with Gasteiger partial charge >= 0.3 is 0 Å². The quantitative estimate of drug-likeness (QED) is 0.879. The Morgan fingerprint density at radius 3 is 2.39 bits per heavy atom. The maximum Gasteiger partial charge on any atom is 0.0295 e. The van der Waals surface area contributed by atoms with Crippen LogP contribution in [-0.4, -0.2) is 30.6 Å². The van der Waals surface area contributed by atoms with Crippen molar-refractivity contribution in [3.8, 4) is 0 Å². The fraction of sp³-hybridized carbons (Fsp3) is 0.625. The number of aryl methyl sites for hydroxylation is 1. The van der Waals surface area contributed by atoms with Crippen molar-refractivity contribution in [3.63, 3.8) is 0 Å². The standard InChI is InChI=1S/C16H24N2/c1-12-3-5-14(6-4-12)13(2)17-16-11-18-9-7-15(16)8-10-18/h3-6,13,15-17H,7-11H2,1-2H3. The predicted molar refractivity (Wildman–Crippen MR) is 75.7 cm³/mol. The van der Waals surface area contributed by atoms with Gasteiger partial charge in [-0.15, -0.1) is 0 Å². The van der Waals surface area contributed by atoms with Crippen molar-refractivity contribution in [3.05, 3.63) is 35.4 Å². The molecule has 0 saturated carbocycles. The number of benzene rings is 1. The smallest absolute Gasteiger partial charge is 0.0295 e. The van der Waals surface area contributed by atoms with E-state index in [0.29, 0.717) is 12.1 Å². The number of nitrogens with one attached hydrogen (secondary N) is 1. The van der Waals surface area contributed by atoms with Gasteiger partial charge in [-0.1, -0.05) is 29.8 Å². The first kappa shape index (κ1) is 12.2. The van der Waals surface area contributed by atoms with Crippen LogP contribution in [-0.2, 0) is 0 Å². The topological polar surface area (TPSA) is 15.3 Å². The lowest BCUT2D eigenvalue weighted by Crippen LogP contribution is -2.56. The molecule has 0 aliphatic carbocycles. The zero-order valence-corrected chi connectivity index (χ0v) is 11.5. The Morgan fingerprint density at radius 2 is 1.83 bits per heavy atom. The Kier molecular flexibility index (Phi) is 3.40. The molecule has 4 rings (SSSR count). The van der Waals surface area contributed by atoms with E-state index in [0.717, 1.165) is 5.92 Å². The summed E-state index contributed by atoms with van der Waals surface area (Å²) >= 11 is 0. The van der Waals surface area contributed by atoms with Crippen LogP contribution in [0.25, 0.3) is 0 Å². The zero-order chi connectivity index (χ0) is 12.5. The molecule has 3 heterocycles. The van der Waals surface area contributed by atoms with Crippen molar-refractivity contribution >= 4 is 0 Å². The first-order valence-electron chi connectivity index (χ1n) is 7.27. The largest absolute Gasteiger partial charge is 0.306 e. The Labute approximate surface area is 110 Å². The van der Waals surface area contributed by atoms with Gasteiger partial charge in [0.05, 0.1) is 0 Å². The third kappa shape index (κ3) is 2.45. The third-order valence-corrected chi connectivity index (χ3v) is 4.70. The maximum absolute atomic E-state index is 3.84. The van der Waals surface area contributed by atoms with Gasteiger partial charge in [-0.05, 0) is 51.3 Å². The van der Waals surface area contributed by atoms with Crippen molar-refractivity contribution in [2.45, 2.75) is 38.8 Å². The molecule has 3 fully saturated rings. The Balaban J connectivity index is 1.64. The SMILES string of the molecule is Cc1ccc(C(C)NC2CN3CCC2CC3)cc1.